The maximum Gasteiger partial charge on any atom is 0.328 e. The quantitative estimate of drug-likeness (QED) is 0.819. The van der Waals surface area contributed by atoms with Crippen molar-refractivity contribution in [3.8, 4) is 0 Å². The predicted octanol–water partition coefficient (Wildman–Crippen LogP) is 3.37. The number of aromatic nitrogens is 2. The summed E-state index contributed by atoms with van der Waals surface area (Å²) >= 11 is 0. The van der Waals surface area contributed by atoms with Gasteiger partial charge in [0, 0.05) is 18.5 Å². The lowest BCUT2D eigenvalue weighted by Crippen LogP contribution is -2.08. The predicted molar refractivity (Wildman–Crippen MR) is 78.4 cm³/mol. The van der Waals surface area contributed by atoms with E-state index in [9.17, 15) is 4.79 Å². The lowest BCUT2D eigenvalue weighted by molar-refractivity contribution is -0.131. The molecular formula is C16H18N2O2. The normalized spacial score (nSPS) is 12.7. The average Bonchev–Trinajstić information content (AvgIpc) is 2.97. The van der Waals surface area contributed by atoms with Gasteiger partial charge < -0.3 is 9.67 Å². The zero-order valence-corrected chi connectivity index (χ0v) is 11.4. The maximum atomic E-state index is 10.5. The highest BCUT2D eigenvalue weighted by atomic mass is 16.4. The summed E-state index contributed by atoms with van der Waals surface area (Å²) in [6.45, 7) is 2.16. The van der Waals surface area contributed by atoms with Crippen LogP contribution in [0.25, 0.3) is 6.08 Å². The highest BCUT2D eigenvalue weighted by Gasteiger charge is 2.11. The van der Waals surface area contributed by atoms with Crippen LogP contribution in [0.5, 0.6) is 0 Å². The molecule has 2 rings (SSSR count). The van der Waals surface area contributed by atoms with Gasteiger partial charge in [-0.15, -0.1) is 0 Å². The molecule has 1 aromatic heterocycles. The van der Waals surface area contributed by atoms with Gasteiger partial charge in [0.05, 0.1) is 12.4 Å². The lowest BCUT2D eigenvalue weighted by atomic mass is 10.0. The number of aliphatic carboxylic acids is 1. The summed E-state index contributed by atoms with van der Waals surface area (Å²) in [5.74, 6) is -0.934. The molecule has 1 atom stereocenters. The van der Waals surface area contributed by atoms with Crippen molar-refractivity contribution in [2.45, 2.75) is 25.8 Å². The van der Waals surface area contributed by atoms with E-state index in [0.717, 1.165) is 24.5 Å². The second kappa shape index (κ2) is 6.70. The number of nitrogens with zero attached hydrogens (tertiary/aromatic N) is 2. The van der Waals surface area contributed by atoms with Crippen molar-refractivity contribution >= 4 is 12.0 Å². The molecule has 4 nitrogen and oxygen atoms in total. The lowest BCUT2D eigenvalue weighted by Gasteiger charge is -2.18. The summed E-state index contributed by atoms with van der Waals surface area (Å²) in [6, 6.07) is 8.24. The van der Waals surface area contributed by atoms with Crippen LogP contribution in [0.1, 0.15) is 36.9 Å². The van der Waals surface area contributed by atoms with E-state index in [1.165, 1.54) is 5.56 Å². The molecule has 20 heavy (non-hydrogen) atoms. The van der Waals surface area contributed by atoms with Crippen LogP contribution in [0.4, 0.5) is 0 Å². The Labute approximate surface area is 118 Å². The Morgan fingerprint density at radius 2 is 2.15 bits per heavy atom. The van der Waals surface area contributed by atoms with Crippen LogP contribution < -0.4 is 0 Å². The smallest absolute Gasteiger partial charge is 0.328 e. The molecule has 0 radical (unpaired) electrons. The van der Waals surface area contributed by atoms with E-state index in [0.29, 0.717) is 0 Å². The third-order valence-corrected chi connectivity index (χ3v) is 3.19. The van der Waals surface area contributed by atoms with Gasteiger partial charge in [-0.25, -0.2) is 9.78 Å². The molecule has 0 fully saturated rings. The molecule has 0 saturated carbocycles. The van der Waals surface area contributed by atoms with Crippen LogP contribution in [0.3, 0.4) is 0 Å². The molecule has 0 aliphatic rings. The van der Waals surface area contributed by atoms with Gasteiger partial charge in [0.1, 0.15) is 0 Å². The largest absolute Gasteiger partial charge is 0.478 e. The van der Waals surface area contributed by atoms with Gasteiger partial charge in [0.15, 0.2) is 0 Å². The van der Waals surface area contributed by atoms with Gasteiger partial charge >= 0.3 is 5.97 Å². The Morgan fingerprint density at radius 3 is 2.70 bits per heavy atom. The number of benzene rings is 1. The minimum atomic E-state index is -0.934. The first kappa shape index (κ1) is 14.1. The van der Waals surface area contributed by atoms with E-state index in [1.54, 1.807) is 12.3 Å². The molecule has 1 N–H and O–H groups in total. The summed E-state index contributed by atoms with van der Waals surface area (Å²) < 4.78 is 2.10. The second-order valence-electron chi connectivity index (χ2n) is 4.65. The number of rotatable bonds is 6. The topological polar surface area (TPSA) is 55.1 Å². The molecule has 4 heteroatoms. The Hall–Kier alpha value is -2.36. The first-order valence-corrected chi connectivity index (χ1v) is 6.69. The zero-order chi connectivity index (χ0) is 14.4. The van der Waals surface area contributed by atoms with Gasteiger partial charge in [-0.3, -0.25) is 0 Å². The highest BCUT2D eigenvalue weighted by molar-refractivity contribution is 5.85. The van der Waals surface area contributed by atoms with Crippen LogP contribution in [0.2, 0.25) is 0 Å². The molecule has 104 valence electrons. The van der Waals surface area contributed by atoms with Crippen LogP contribution in [-0.2, 0) is 4.79 Å². The summed E-state index contributed by atoms with van der Waals surface area (Å²) in [5.41, 5.74) is 2.09. The van der Waals surface area contributed by atoms with Gasteiger partial charge in [-0.05, 0) is 23.6 Å². The van der Waals surface area contributed by atoms with Gasteiger partial charge in [0.2, 0.25) is 0 Å². The van der Waals surface area contributed by atoms with Crippen LogP contribution in [0.15, 0.2) is 49.1 Å². The molecule has 2 aromatic rings. The van der Waals surface area contributed by atoms with Crippen molar-refractivity contribution in [3.63, 3.8) is 0 Å². The van der Waals surface area contributed by atoms with Crippen molar-refractivity contribution in [1.82, 2.24) is 9.55 Å². The van der Waals surface area contributed by atoms with Gasteiger partial charge in [-0.1, -0.05) is 37.6 Å². The molecule has 0 aliphatic carbocycles. The van der Waals surface area contributed by atoms with Gasteiger partial charge in [-0.2, -0.15) is 0 Å². The Morgan fingerprint density at radius 1 is 1.40 bits per heavy atom. The summed E-state index contributed by atoms with van der Waals surface area (Å²) in [6.07, 6.45) is 10.5. The number of carboxylic acids is 1. The molecule has 0 amide bonds. The van der Waals surface area contributed by atoms with Crippen molar-refractivity contribution in [2.75, 3.05) is 0 Å². The fourth-order valence-electron chi connectivity index (χ4n) is 2.21. The Kier molecular flexibility index (Phi) is 4.71. The average molecular weight is 270 g/mol. The monoisotopic (exact) mass is 270 g/mol. The third kappa shape index (κ3) is 3.57. The standard InChI is InChI=1S/C16H18N2O2/c1-2-3-15(18-11-10-17-12-18)14-7-4-13(5-8-14)6-9-16(19)20/h4-12,15H,2-3H2,1H3,(H,19,20)/b9-6+. The second-order valence-corrected chi connectivity index (χ2v) is 4.65. The fourth-order valence-corrected chi connectivity index (χ4v) is 2.21. The zero-order valence-electron chi connectivity index (χ0n) is 11.4. The van der Waals surface area contributed by atoms with E-state index in [-0.39, 0.29) is 6.04 Å². The van der Waals surface area contributed by atoms with E-state index in [4.69, 9.17) is 5.11 Å². The first-order valence-electron chi connectivity index (χ1n) is 6.69. The number of carbonyl (C=O) groups is 1. The van der Waals surface area contributed by atoms with Crippen LogP contribution in [0, 0.1) is 0 Å². The fraction of sp³-hybridized carbons (Fsp3) is 0.250. The highest BCUT2D eigenvalue weighted by Crippen LogP contribution is 2.23. The number of hydrogen-bond donors (Lipinski definition) is 1. The maximum absolute atomic E-state index is 10.5. The summed E-state index contributed by atoms with van der Waals surface area (Å²) in [7, 11) is 0. The summed E-state index contributed by atoms with van der Waals surface area (Å²) in [4.78, 5) is 14.6. The van der Waals surface area contributed by atoms with E-state index in [1.807, 2.05) is 36.8 Å². The molecular weight excluding hydrogens is 252 g/mol. The first-order chi connectivity index (χ1) is 9.70. The van der Waals surface area contributed by atoms with Crippen LogP contribution >= 0.6 is 0 Å². The molecule has 0 bridgehead atoms. The van der Waals surface area contributed by atoms with Crippen LogP contribution in [-0.4, -0.2) is 20.6 Å². The molecule has 0 aliphatic heterocycles. The third-order valence-electron chi connectivity index (χ3n) is 3.19. The van der Waals surface area contributed by atoms with Crippen molar-refractivity contribution < 1.29 is 9.90 Å². The van der Waals surface area contributed by atoms with E-state index < -0.39 is 5.97 Å². The minimum absolute atomic E-state index is 0.278. The number of carboxylic acid groups (broad SMARTS) is 1. The van der Waals surface area contributed by atoms with E-state index in [2.05, 4.69) is 16.5 Å². The molecule has 1 aromatic carbocycles. The number of hydrogen-bond acceptors (Lipinski definition) is 2. The van der Waals surface area contributed by atoms with Crippen molar-refractivity contribution in [3.05, 3.63) is 60.2 Å². The van der Waals surface area contributed by atoms with Gasteiger partial charge in [0.25, 0.3) is 0 Å². The Bertz CT molecular complexity index is 571. The molecule has 0 saturated heterocycles. The molecule has 0 spiro atoms. The minimum Gasteiger partial charge on any atom is -0.478 e. The van der Waals surface area contributed by atoms with E-state index >= 15 is 0 Å². The Balaban J connectivity index is 2.20. The molecule has 1 unspecified atom stereocenters. The summed E-state index contributed by atoms with van der Waals surface area (Å²) in [5, 5.41) is 8.62. The number of imidazole rings is 1. The molecule has 1 heterocycles. The van der Waals surface area contributed by atoms with Crippen molar-refractivity contribution in [1.29, 1.82) is 0 Å². The van der Waals surface area contributed by atoms with Crippen molar-refractivity contribution in [2.24, 2.45) is 0 Å². The SMILES string of the molecule is CCCC(c1ccc(/C=C/C(=O)O)cc1)n1ccnc1.